The summed E-state index contributed by atoms with van der Waals surface area (Å²) in [6.45, 7) is 20.6. The van der Waals surface area contributed by atoms with Gasteiger partial charge in [0, 0.05) is 12.5 Å². The van der Waals surface area contributed by atoms with Crippen LogP contribution in [0, 0.1) is 5.92 Å². The molecule has 234 valence electrons. The molecule has 0 amide bonds. The molecule has 0 fully saturated rings. The van der Waals surface area contributed by atoms with Crippen molar-refractivity contribution in [2.75, 3.05) is 6.61 Å². The van der Waals surface area contributed by atoms with Crippen LogP contribution in [-0.4, -0.2) is 51.4 Å². The summed E-state index contributed by atoms with van der Waals surface area (Å²) in [7, 11) is -2.18. The Labute approximate surface area is 256 Å². The lowest BCUT2D eigenvalue weighted by Gasteiger charge is -2.40. The smallest absolute Gasteiger partial charge is 0.330 e. The number of rotatable bonds is 5. The summed E-state index contributed by atoms with van der Waals surface area (Å²) < 4.78 is 25.4. The largest absolute Gasteiger partial charge is 0.456 e. The Morgan fingerprint density at radius 3 is 2.62 bits per heavy atom. The number of hydrogen-bond acceptors (Lipinski definition) is 5. The first kappa shape index (κ1) is 34.5. The highest BCUT2D eigenvalue weighted by atomic mass is 28.4. The Hall–Kier alpha value is -1.99. The van der Waals surface area contributed by atoms with E-state index in [2.05, 4.69) is 96.8 Å². The topological polar surface area (TPSA) is 54.0 Å². The lowest BCUT2D eigenvalue weighted by molar-refractivity contribution is -0.146. The van der Waals surface area contributed by atoms with Crippen molar-refractivity contribution in [1.82, 2.24) is 0 Å². The Balaban J connectivity index is 1.85. The highest BCUT2D eigenvalue weighted by Gasteiger charge is 2.41. The molecule has 0 saturated carbocycles. The van der Waals surface area contributed by atoms with Gasteiger partial charge >= 0.3 is 5.97 Å². The molecule has 0 N–H and O–H groups in total. The van der Waals surface area contributed by atoms with Gasteiger partial charge in [0.2, 0.25) is 0 Å². The average Bonchev–Trinajstić information content (AvgIpc) is 2.89. The molecule has 0 radical (unpaired) electrons. The Morgan fingerprint density at radius 2 is 1.88 bits per heavy atom. The van der Waals surface area contributed by atoms with Crippen molar-refractivity contribution in [3.05, 3.63) is 72.4 Å². The van der Waals surface area contributed by atoms with Crippen molar-refractivity contribution in [1.29, 1.82) is 0 Å². The molecular weight excluding hydrogens is 540 g/mol. The maximum absolute atomic E-state index is 13.2. The van der Waals surface area contributed by atoms with E-state index in [1.807, 2.05) is 6.08 Å². The molecule has 0 aromatic rings. The maximum Gasteiger partial charge on any atom is 0.330 e. The van der Waals surface area contributed by atoms with Gasteiger partial charge in [-0.1, -0.05) is 94.0 Å². The first-order valence-corrected chi connectivity index (χ1v) is 18.9. The van der Waals surface area contributed by atoms with Gasteiger partial charge in [-0.15, -0.1) is 0 Å². The van der Waals surface area contributed by atoms with Crippen molar-refractivity contribution in [3.63, 3.8) is 0 Å². The second-order valence-corrected chi connectivity index (χ2v) is 18.7. The molecule has 3 rings (SSSR count). The quantitative estimate of drug-likeness (QED) is 0.180. The summed E-state index contributed by atoms with van der Waals surface area (Å²) in [6, 6.07) is 0. The van der Waals surface area contributed by atoms with Crippen LogP contribution < -0.4 is 0 Å². The van der Waals surface area contributed by atoms with E-state index in [-0.39, 0.29) is 35.4 Å². The minimum atomic E-state index is -2.18. The van der Waals surface area contributed by atoms with Gasteiger partial charge in [0.25, 0.3) is 0 Å². The number of ether oxygens (including phenoxy) is 3. The van der Waals surface area contributed by atoms with Crippen LogP contribution in [0.2, 0.25) is 18.1 Å². The third-order valence-electron chi connectivity index (χ3n) is 8.89. The number of hydrogen-bond donors (Lipinski definition) is 0. The van der Waals surface area contributed by atoms with E-state index in [1.54, 1.807) is 6.08 Å². The molecule has 42 heavy (non-hydrogen) atoms. The first-order chi connectivity index (χ1) is 19.8. The van der Waals surface area contributed by atoms with Gasteiger partial charge < -0.3 is 18.6 Å². The predicted octanol–water partition coefficient (Wildman–Crippen LogP) is 8.95. The average molecular weight is 597 g/mol. The molecular formula is C36H56O5Si. The van der Waals surface area contributed by atoms with E-state index in [0.29, 0.717) is 25.4 Å². The van der Waals surface area contributed by atoms with Crippen molar-refractivity contribution >= 4 is 14.3 Å². The molecule has 6 heteroatoms. The molecule has 3 aliphatic rings. The molecule has 0 spiro atoms. The summed E-state index contributed by atoms with van der Waals surface area (Å²) in [5, 5.41) is 0.0118. The summed E-state index contributed by atoms with van der Waals surface area (Å²) in [5.41, 5.74) is 2.61. The zero-order chi connectivity index (χ0) is 30.8. The van der Waals surface area contributed by atoms with Crippen LogP contribution in [0.5, 0.6) is 0 Å². The van der Waals surface area contributed by atoms with E-state index < -0.39 is 14.4 Å². The van der Waals surface area contributed by atoms with Gasteiger partial charge in [-0.2, -0.15) is 0 Å². The highest BCUT2D eigenvalue weighted by Crippen LogP contribution is 2.38. The third kappa shape index (κ3) is 11.6. The number of carbonyl (C=O) groups excluding carboxylic acids is 1. The third-order valence-corrected chi connectivity index (χ3v) is 13.4. The molecule has 5 nitrogen and oxygen atoms in total. The summed E-state index contributed by atoms with van der Waals surface area (Å²) in [4.78, 5) is 13.2. The monoisotopic (exact) mass is 596 g/mol. The molecule has 0 unspecified atom stereocenters. The Kier molecular flexibility index (Phi) is 13.3. The van der Waals surface area contributed by atoms with Crippen LogP contribution in [0.25, 0.3) is 0 Å². The zero-order valence-electron chi connectivity index (χ0n) is 27.3. The zero-order valence-corrected chi connectivity index (χ0v) is 28.3. The number of esters is 1. The SMILES string of the molecule is C=C1CC/C=C/C[C@@H]([C@H](/C=C/[C@@H]2CC(C)=CCO2)O[Si](C)(C)C(C)(C)C)OC(=O)C=CC[C@@H]2C=CC[C@@H](C[C@@H](C)C1)O2. The lowest BCUT2D eigenvalue weighted by Crippen LogP contribution is -2.47. The normalized spacial score (nSPS) is 30.7. The van der Waals surface area contributed by atoms with Crippen molar-refractivity contribution in [3.8, 4) is 0 Å². The molecule has 2 bridgehead atoms. The summed E-state index contributed by atoms with van der Waals surface area (Å²) in [6.07, 6.45) is 24.7. The lowest BCUT2D eigenvalue weighted by atomic mass is 9.92. The van der Waals surface area contributed by atoms with Crippen molar-refractivity contribution < 1.29 is 23.4 Å². The highest BCUT2D eigenvalue weighted by molar-refractivity contribution is 6.74. The Bertz CT molecular complexity index is 1040. The molecule has 0 saturated heterocycles. The fraction of sp³-hybridized carbons (Fsp3) is 0.639. The van der Waals surface area contributed by atoms with E-state index in [4.69, 9.17) is 18.6 Å². The van der Waals surface area contributed by atoms with Gasteiger partial charge in [-0.05, 0) is 75.9 Å². The van der Waals surface area contributed by atoms with Gasteiger partial charge in [0.15, 0.2) is 8.32 Å². The van der Waals surface area contributed by atoms with Gasteiger partial charge in [-0.3, -0.25) is 0 Å². The van der Waals surface area contributed by atoms with E-state index >= 15 is 0 Å². The van der Waals surface area contributed by atoms with Crippen LogP contribution in [0.4, 0.5) is 0 Å². The van der Waals surface area contributed by atoms with Crippen LogP contribution in [0.15, 0.2) is 72.4 Å². The minimum absolute atomic E-state index is 0.00774. The predicted molar refractivity (Wildman–Crippen MR) is 176 cm³/mol. The maximum atomic E-state index is 13.2. The van der Waals surface area contributed by atoms with E-state index in [1.165, 1.54) is 11.1 Å². The fourth-order valence-electron chi connectivity index (χ4n) is 5.40. The van der Waals surface area contributed by atoms with Crippen LogP contribution in [-0.2, 0) is 23.4 Å². The van der Waals surface area contributed by atoms with Crippen molar-refractivity contribution in [2.24, 2.45) is 5.92 Å². The number of cyclic esters (lactones) is 1. The summed E-state index contributed by atoms with van der Waals surface area (Å²) >= 11 is 0. The molecule has 3 aliphatic heterocycles. The van der Waals surface area contributed by atoms with Crippen LogP contribution in [0.1, 0.15) is 86.0 Å². The summed E-state index contributed by atoms with van der Waals surface area (Å²) in [5.74, 6) is 0.178. The minimum Gasteiger partial charge on any atom is -0.456 e. The number of fused-ring (bicyclic) bond motifs is 2. The second-order valence-electron chi connectivity index (χ2n) is 14.0. The van der Waals surface area contributed by atoms with Gasteiger partial charge in [0.05, 0.1) is 24.9 Å². The molecule has 6 atom stereocenters. The second kappa shape index (κ2) is 16.2. The van der Waals surface area contributed by atoms with E-state index in [9.17, 15) is 4.79 Å². The van der Waals surface area contributed by atoms with Crippen molar-refractivity contribution in [2.45, 2.75) is 135 Å². The van der Waals surface area contributed by atoms with Crippen LogP contribution in [0.3, 0.4) is 0 Å². The molecule has 3 heterocycles. The number of allylic oxidation sites excluding steroid dienone is 2. The van der Waals surface area contributed by atoms with Gasteiger partial charge in [0.1, 0.15) is 12.2 Å². The van der Waals surface area contributed by atoms with Gasteiger partial charge in [-0.25, -0.2) is 4.79 Å². The van der Waals surface area contributed by atoms with E-state index in [0.717, 1.165) is 38.5 Å². The molecule has 0 aliphatic carbocycles. The first-order valence-electron chi connectivity index (χ1n) is 16.0. The Morgan fingerprint density at radius 1 is 1.10 bits per heavy atom. The molecule has 0 aromatic heterocycles. The standard InChI is InChI=1S/C36H56O5Si/c1-27-14-10-9-11-18-33(40-35(37)19-13-16-30-15-12-17-32(39-30)26-29(3)24-27)34(41-42(7,8)36(4,5)6)21-20-31-25-28(2)22-23-38-31/h9,11-13,15,19-22,29-34H,1,10,14,16-18,23-26H2,2-8H3/b11-9+,19-13?,21-20+/t29-,30-,31+,32-,33-,34-/m0/s1. The fourth-order valence-corrected chi connectivity index (χ4v) is 6.67. The van der Waals surface area contributed by atoms with Crippen LogP contribution >= 0.6 is 0 Å². The molecule has 0 aromatic carbocycles. The number of carbonyl (C=O) groups is 1.